The second-order valence-corrected chi connectivity index (χ2v) is 6.51. The number of nitrogens with zero attached hydrogens (tertiary/aromatic N) is 4. The fourth-order valence-corrected chi connectivity index (χ4v) is 3.10. The van der Waals surface area contributed by atoms with Gasteiger partial charge in [0.05, 0.1) is 36.5 Å². The van der Waals surface area contributed by atoms with Gasteiger partial charge in [-0.25, -0.2) is 0 Å². The van der Waals surface area contributed by atoms with Gasteiger partial charge in [-0.2, -0.15) is 9.90 Å². The number of amides is 1. The molecule has 4 rings (SSSR count). The summed E-state index contributed by atoms with van der Waals surface area (Å²) in [6, 6.07) is 14.9. The number of para-hydroxylation sites is 1. The summed E-state index contributed by atoms with van der Waals surface area (Å²) in [5.74, 6) is -0.339. The van der Waals surface area contributed by atoms with Gasteiger partial charge in [0.25, 0.3) is 5.91 Å². The van der Waals surface area contributed by atoms with E-state index in [9.17, 15) is 4.79 Å². The number of morpholine rings is 1. The summed E-state index contributed by atoms with van der Waals surface area (Å²) in [4.78, 5) is 16.3. The molecular formula is C19H18ClN5O2. The second kappa shape index (κ2) is 7.77. The summed E-state index contributed by atoms with van der Waals surface area (Å²) in [6.45, 7) is 2.83. The van der Waals surface area contributed by atoms with Gasteiger partial charge in [-0.3, -0.25) is 4.79 Å². The molecule has 2 heterocycles. The van der Waals surface area contributed by atoms with E-state index in [2.05, 4.69) is 20.4 Å². The van der Waals surface area contributed by atoms with E-state index in [4.69, 9.17) is 16.3 Å². The molecule has 27 heavy (non-hydrogen) atoms. The summed E-state index contributed by atoms with van der Waals surface area (Å²) in [7, 11) is 0. The Morgan fingerprint density at radius 3 is 2.67 bits per heavy atom. The van der Waals surface area contributed by atoms with Gasteiger partial charge in [0.15, 0.2) is 5.69 Å². The molecule has 0 spiro atoms. The number of carbonyl (C=O) groups is 1. The highest BCUT2D eigenvalue weighted by atomic mass is 35.5. The van der Waals surface area contributed by atoms with E-state index >= 15 is 0 Å². The highest BCUT2D eigenvalue weighted by molar-refractivity contribution is 6.31. The smallest absolute Gasteiger partial charge is 0.277 e. The lowest BCUT2D eigenvalue weighted by Gasteiger charge is -2.30. The first-order valence-corrected chi connectivity index (χ1v) is 9.00. The zero-order chi connectivity index (χ0) is 18.6. The van der Waals surface area contributed by atoms with Gasteiger partial charge >= 0.3 is 0 Å². The van der Waals surface area contributed by atoms with Crippen molar-refractivity contribution >= 4 is 28.9 Å². The van der Waals surface area contributed by atoms with Crippen LogP contribution in [-0.2, 0) is 4.74 Å². The zero-order valence-electron chi connectivity index (χ0n) is 14.5. The molecule has 3 aromatic rings. The number of hydrogen-bond donors (Lipinski definition) is 1. The quantitative estimate of drug-likeness (QED) is 0.749. The highest BCUT2D eigenvalue weighted by Crippen LogP contribution is 2.30. The fraction of sp³-hybridized carbons (Fsp3) is 0.211. The van der Waals surface area contributed by atoms with E-state index in [0.29, 0.717) is 23.9 Å². The molecule has 0 radical (unpaired) electrons. The first kappa shape index (κ1) is 17.5. The summed E-state index contributed by atoms with van der Waals surface area (Å²) >= 11 is 6.14. The molecule has 138 valence electrons. The van der Waals surface area contributed by atoms with Gasteiger partial charge in [-0.15, -0.1) is 5.10 Å². The van der Waals surface area contributed by atoms with Crippen molar-refractivity contribution in [3.63, 3.8) is 0 Å². The van der Waals surface area contributed by atoms with Crippen molar-refractivity contribution in [2.24, 2.45) is 0 Å². The van der Waals surface area contributed by atoms with Crippen molar-refractivity contribution < 1.29 is 9.53 Å². The molecule has 7 nitrogen and oxygen atoms in total. The fourth-order valence-electron chi connectivity index (χ4n) is 2.93. The molecule has 2 aromatic carbocycles. The Morgan fingerprint density at radius 1 is 1.11 bits per heavy atom. The summed E-state index contributed by atoms with van der Waals surface area (Å²) in [6.07, 6.45) is 1.45. The predicted octanol–water partition coefficient (Wildman–Crippen LogP) is 3.01. The monoisotopic (exact) mass is 383 g/mol. The van der Waals surface area contributed by atoms with Crippen LogP contribution < -0.4 is 10.2 Å². The molecule has 1 aliphatic rings. The van der Waals surface area contributed by atoms with Crippen LogP contribution in [0.2, 0.25) is 5.02 Å². The maximum absolute atomic E-state index is 12.7. The van der Waals surface area contributed by atoms with E-state index in [1.807, 2.05) is 42.5 Å². The van der Waals surface area contributed by atoms with Crippen LogP contribution in [0, 0.1) is 0 Å². The Bertz CT molecular complexity index is 938. The van der Waals surface area contributed by atoms with Crippen LogP contribution in [0.4, 0.5) is 11.4 Å². The van der Waals surface area contributed by atoms with Gasteiger partial charge in [-0.05, 0) is 30.3 Å². The second-order valence-electron chi connectivity index (χ2n) is 6.07. The molecule has 1 amide bonds. The molecular weight excluding hydrogens is 366 g/mol. The molecule has 0 bridgehead atoms. The number of hydrogen-bond acceptors (Lipinski definition) is 5. The van der Waals surface area contributed by atoms with E-state index in [1.54, 1.807) is 6.07 Å². The number of halogens is 1. The number of nitrogens with one attached hydrogen (secondary N) is 1. The number of rotatable bonds is 4. The topological polar surface area (TPSA) is 72.3 Å². The highest BCUT2D eigenvalue weighted by Gasteiger charge is 2.18. The third-order valence-corrected chi connectivity index (χ3v) is 4.51. The van der Waals surface area contributed by atoms with Crippen LogP contribution in [-0.4, -0.2) is 47.2 Å². The maximum Gasteiger partial charge on any atom is 0.277 e. The first-order valence-electron chi connectivity index (χ1n) is 8.62. The lowest BCUT2D eigenvalue weighted by atomic mass is 10.2. The lowest BCUT2D eigenvalue weighted by molar-refractivity contribution is 0.102. The van der Waals surface area contributed by atoms with Crippen LogP contribution in [0.1, 0.15) is 10.5 Å². The maximum atomic E-state index is 12.7. The van der Waals surface area contributed by atoms with Crippen molar-refractivity contribution in [1.29, 1.82) is 0 Å². The number of benzene rings is 2. The van der Waals surface area contributed by atoms with E-state index in [0.717, 1.165) is 24.5 Å². The van der Waals surface area contributed by atoms with Crippen molar-refractivity contribution in [2.75, 3.05) is 36.5 Å². The molecule has 0 unspecified atom stereocenters. The van der Waals surface area contributed by atoms with Crippen LogP contribution in [0.15, 0.2) is 54.7 Å². The van der Waals surface area contributed by atoms with Gasteiger partial charge in [0.1, 0.15) is 0 Å². The summed E-state index contributed by atoms with van der Waals surface area (Å²) in [5, 5.41) is 11.9. The number of anilines is 2. The zero-order valence-corrected chi connectivity index (χ0v) is 15.3. The Balaban J connectivity index is 1.56. The number of ether oxygens (including phenoxy) is 1. The normalized spacial score (nSPS) is 14.2. The molecule has 1 fully saturated rings. The molecule has 1 aromatic heterocycles. The van der Waals surface area contributed by atoms with Crippen LogP contribution in [0.25, 0.3) is 5.69 Å². The largest absolute Gasteiger partial charge is 0.378 e. The average Bonchev–Trinajstić information content (AvgIpc) is 3.20. The molecule has 1 aliphatic heterocycles. The van der Waals surface area contributed by atoms with Gasteiger partial charge in [-0.1, -0.05) is 29.8 Å². The van der Waals surface area contributed by atoms with Crippen LogP contribution >= 0.6 is 11.6 Å². The molecule has 0 saturated carbocycles. The molecule has 8 heteroatoms. The van der Waals surface area contributed by atoms with Crippen molar-refractivity contribution in [2.45, 2.75) is 0 Å². The third kappa shape index (κ3) is 3.94. The summed E-state index contributed by atoms with van der Waals surface area (Å²) in [5.41, 5.74) is 2.57. The number of aromatic nitrogens is 3. The van der Waals surface area contributed by atoms with Gasteiger partial charge < -0.3 is 15.0 Å². The Kier molecular flexibility index (Phi) is 5.04. The lowest BCUT2D eigenvalue weighted by Crippen LogP contribution is -2.36. The van der Waals surface area contributed by atoms with Gasteiger partial charge in [0.2, 0.25) is 0 Å². The van der Waals surface area contributed by atoms with Crippen molar-refractivity contribution in [3.05, 3.63) is 65.4 Å². The van der Waals surface area contributed by atoms with Crippen LogP contribution in [0.3, 0.4) is 0 Å². The summed E-state index contributed by atoms with van der Waals surface area (Å²) < 4.78 is 5.40. The molecule has 1 N–H and O–H groups in total. The Morgan fingerprint density at radius 2 is 1.89 bits per heavy atom. The minimum Gasteiger partial charge on any atom is -0.378 e. The molecule has 0 aliphatic carbocycles. The van der Waals surface area contributed by atoms with Crippen molar-refractivity contribution in [1.82, 2.24) is 15.0 Å². The Hall–Kier alpha value is -2.90. The van der Waals surface area contributed by atoms with Crippen molar-refractivity contribution in [3.8, 4) is 5.69 Å². The standard InChI is InChI=1S/C19H18ClN5O2/c20-14-6-7-18(24-8-10-27-11-9-24)16(12-14)22-19(26)17-13-21-25(23-17)15-4-2-1-3-5-15/h1-7,12-13H,8-11H2,(H,22,26). The first-order chi connectivity index (χ1) is 13.2. The van der Waals surface area contributed by atoms with E-state index in [-0.39, 0.29) is 11.6 Å². The minimum atomic E-state index is -0.339. The number of carbonyl (C=O) groups excluding carboxylic acids is 1. The average molecular weight is 384 g/mol. The molecule has 0 atom stereocenters. The predicted molar refractivity (Wildman–Crippen MR) is 104 cm³/mol. The third-order valence-electron chi connectivity index (χ3n) is 4.27. The van der Waals surface area contributed by atoms with Crippen LogP contribution in [0.5, 0.6) is 0 Å². The van der Waals surface area contributed by atoms with Gasteiger partial charge in [0, 0.05) is 18.1 Å². The minimum absolute atomic E-state index is 0.228. The Labute approximate surface area is 161 Å². The molecule has 1 saturated heterocycles. The SMILES string of the molecule is O=C(Nc1cc(Cl)ccc1N1CCOCC1)c1cnn(-c2ccccc2)n1. The van der Waals surface area contributed by atoms with E-state index in [1.165, 1.54) is 11.0 Å². The van der Waals surface area contributed by atoms with E-state index < -0.39 is 0 Å².